The van der Waals surface area contributed by atoms with Crippen LogP contribution in [-0.4, -0.2) is 61.6 Å². The number of hydrogen-bond acceptors (Lipinski definition) is 5. The van der Waals surface area contributed by atoms with E-state index in [0.29, 0.717) is 45.7 Å². The highest BCUT2D eigenvalue weighted by Crippen LogP contribution is 2.36. The van der Waals surface area contributed by atoms with Gasteiger partial charge in [0.15, 0.2) is 6.10 Å². The van der Waals surface area contributed by atoms with Gasteiger partial charge in [-0.2, -0.15) is 0 Å². The molecule has 0 bridgehead atoms. The zero-order chi connectivity index (χ0) is 21.1. The summed E-state index contributed by atoms with van der Waals surface area (Å²) in [5.74, 6) is -1.48. The molecule has 7 heteroatoms. The van der Waals surface area contributed by atoms with Gasteiger partial charge >= 0.3 is 5.97 Å². The van der Waals surface area contributed by atoms with Crippen LogP contribution in [0.1, 0.15) is 38.2 Å². The molecule has 162 valence electrons. The molecule has 2 heterocycles. The number of esters is 1. The molecule has 1 aromatic carbocycles. The van der Waals surface area contributed by atoms with E-state index in [4.69, 9.17) is 9.47 Å². The van der Waals surface area contributed by atoms with Crippen molar-refractivity contribution in [3.05, 3.63) is 29.8 Å². The molecule has 2 amide bonds. The Morgan fingerprint density at radius 1 is 1.03 bits per heavy atom. The van der Waals surface area contributed by atoms with E-state index in [9.17, 15) is 14.4 Å². The largest absolute Gasteiger partial charge is 0.452 e. The van der Waals surface area contributed by atoms with Crippen LogP contribution in [0.25, 0.3) is 0 Å². The highest BCUT2D eigenvalue weighted by Gasteiger charge is 2.41. The summed E-state index contributed by atoms with van der Waals surface area (Å²) < 4.78 is 10.9. The number of carbonyl (C=O) groups excluding carboxylic acids is 3. The van der Waals surface area contributed by atoms with Gasteiger partial charge in [-0.15, -0.1) is 0 Å². The third-order valence-electron chi connectivity index (χ3n) is 6.50. The Morgan fingerprint density at radius 2 is 1.73 bits per heavy atom. The number of para-hydroxylation sites is 1. The van der Waals surface area contributed by atoms with E-state index in [-0.39, 0.29) is 17.7 Å². The maximum atomic E-state index is 13.4. The smallest absolute Gasteiger partial charge is 0.310 e. The second-order valence-corrected chi connectivity index (χ2v) is 8.38. The lowest BCUT2D eigenvalue weighted by molar-refractivity contribution is -0.167. The first-order chi connectivity index (χ1) is 14.6. The van der Waals surface area contributed by atoms with Gasteiger partial charge in [0.1, 0.15) is 0 Å². The fraction of sp³-hybridized carbons (Fsp3) is 0.609. The van der Waals surface area contributed by atoms with Gasteiger partial charge in [0, 0.05) is 25.3 Å². The van der Waals surface area contributed by atoms with Crippen molar-refractivity contribution in [1.29, 1.82) is 0 Å². The Balaban J connectivity index is 1.42. The fourth-order valence-electron chi connectivity index (χ4n) is 4.83. The minimum atomic E-state index is -0.846. The molecule has 1 aromatic rings. The molecule has 3 atom stereocenters. The first kappa shape index (κ1) is 20.8. The molecule has 0 spiro atoms. The molecular weight excluding hydrogens is 384 g/mol. The molecule has 2 aliphatic heterocycles. The Bertz CT molecular complexity index is 805. The summed E-state index contributed by atoms with van der Waals surface area (Å²) in [6.45, 7) is 4.31. The number of anilines is 1. The number of carbonyl (C=O) groups is 3. The molecule has 1 saturated heterocycles. The molecule has 4 rings (SSSR count). The molecule has 2 fully saturated rings. The molecule has 3 aliphatic rings. The second kappa shape index (κ2) is 9.16. The van der Waals surface area contributed by atoms with Gasteiger partial charge in [0.05, 0.1) is 25.0 Å². The molecule has 3 unspecified atom stereocenters. The second-order valence-electron chi connectivity index (χ2n) is 8.38. The van der Waals surface area contributed by atoms with Crippen LogP contribution < -0.4 is 4.90 Å². The molecule has 0 radical (unpaired) electrons. The number of rotatable bonds is 4. The lowest BCUT2D eigenvalue weighted by Gasteiger charge is -2.33. The Kier molecular flexibility index (Phi) is 6.37. The number of benzene rings is 1. The zero-order valence-corrected chi connectivity index (χ0v) is 17.5. The van der Waals surface area contributed by atoms with Crippen LogP contribution in [-0.2, 0) is 30.3 Å². The quantitative estimate of drug-likeness (QED) is 0.706. The average molecular weight is 415 g/mol. The van der Waals surface area contributed by atoms with Crippen LogP contribution in [0.2, 0.25) is 0 Å². The lowest BCUT2D eigenvalue weighted by atomic mass is 9.78. The van der Waals surface area contributed by atoms with Crippen molar-refractivity contribution in [2.45, 2.75) is 45.1 Å². The lowest BCUT2D eigenvalue weighted by Crippen LogP contribution is -2.47. The SMILES string of the molecule is CC(OC(=O)C1CCCCC1C(=O)N1CCc2ccccc21)C(=O)N1CCOCC1. The summed E-state index contributed by atoms with van der Waals surface area (Å²) in [5.41, 5.74) is 2.13. The summed E-state index contributed by atoms with van der Waals surface area (Å²) in [4.78, 5) is 42.5. The van der Waals surface area contributed by atoms with Crippen molar-refractivity contribution in [3.63, 3.8) is 0 Å². The Labute approximate surface area is 177 Å². The Morgan fingerprint density at radius 3 is 2.50 bits per heavy atom. The van der Waals surface area contributed by atoms with Gasteiger partial charge in [0.25, 0.3) is 5.91 Å². The predicted molar refractivity (Wildman–Crippen MR) is 111 cm³/mol. The van der Waals surface area contributed by atoms with Crippen LogP contribution in [0.3, 0.4) is 0 Å². The number of fused-ring (bicyclic) bond motifs is 1. The molecule has 1 saturated carbocycles. The fourth-order valence-corrected chi connectivity index (χ4v) is 4.83. The first-order valence-corrected chi connectivity index (χ1v) is 11.0. The maximum absolute atomic E-state index is 13.4. The molecule has 30 heavy (non-hydrogen) atoms. The summed E-state index contributed by atoms with van der Waals surface area (Å²) in [7, 11) is 0. The van der Waals surface area contributed by atoms with Crippen molar-refractivity contribution in [2.75, 3.05) is 37.7 Å². The number of hydrogen-bond donors (Lipinski definition) is 0. The number of amides is 2. The number of nitrogens with zero attached hydrogens (tertiary/aromatic N) is 2. The summed E-state index contributed by atoms with van der Waals surface area (Å²) in [6.07, 6.45) is 3.13. The van der Waals surface area contributed by atoms with E-state index >= 15 is 0 Å². The van der Waals surface area contributed by atoms with Crippen molar-refractivity contribution in [3.8, 4) is 0 Å². The third-order valence-corrected chi connectivity index (χ3v) is 6.50. The van der Waals surface area contributed by atoms with Gasteiger partial charge in [-0.05, 0) is 37.8 Å². The topological polar surface area (TPSA) is 76.2 Å². The van der Waals surface area contributed by atoms with Crippen LogP contribution in [0.5, 0.6) is 0 Å². The van der Waals surface area contributed by atoms with Crippen LogP contribution >= 0.6 is 0 Å². The van der Waals surface area contributed by atoms with Gasteiger partial charge < -0.3 is 19.3 Å². The maximum Gasteiger partial charge on any atom is 0.310 e. The van der Waals surface area contributed by atoms with E-state index in [0.717, 1.165) is 24.9 Å². The van der Waals surface area contributed by atoms with Crippen LogP contribution in [0, 0.1) is 11.8 Å². The van der Waals surface area contributed by atoms with Gasteiger partial charge in [-0.25, -0.2) is 0 Å². The summed E-state index contributed by atoms with van der Waals surface area (Å²) in [6, 6.07) is 7.95. The normalized spacial score (nSPS) is 24.8. The minimum absolute atomic E-state index is 0.00811. The predicted octanol–water partition coefficient (Wildman–Crippen LogP) is 2.17. The van der Waals surface area contributed by atoms with Gasteiger partial charge in [0.2, 0.25) is 5.91 Å². The third kappa shape index (κ3) is 4.21. The van der Waals surface area contributed by atoms with Crippen molar-refractivity contribution < 1.29 is 23.9 Å². The highest BCUT2D eigenvalue weighted by molar-refractivity contribution is 5.99. The first-order valence-electron chi connectivity index (χ1n) is 11.0. The standard InChI is InChI=1S/C23H30N2O5/c1-16(21(26)24-12-14-29-15-13-24)30-23(28)19-8-4-3-7-18(19)22(27)25-11-10-17-6-2-5-9-20(17)25/h2,5-6,9,16,18-19H,3-4,7-8,10-15H2,1H3. The van der Waals surface area contributed by atoms with Crippen molar-refractivity contribution in [1.82, 2.24) is 4.90 Å². The van der Waals surface area contributed by atoms with Crippen molar-refractivity contribution >= 4 is 23.5 Å². The van der Waals surface area contributed by atoms with Crippen molar-refractivity contribution in [2.24, 2.45) is 11.8 Å². The van der Waals surface area contributed by atoms with E-state index in [1.54, 1.807) is 11.8 Å². The average Bonchev–Trinajstić information content (AvgIpc) is 3.22. The van der Waals surface area contributed by atoms with E-state index < -0.39 is 18.0 Å². The Hall–Kier alpha value is -2.41. The van der Waals surface area contributed by atoms with E-state index in [2.05, 4.69) is 0 Å². The molecule has 1 aliphatic carbocycles. The number of ether oxygens (including phenoxy) is 2. The molecule has 7 nitrogen and oxygen atoms in total. The van der Waals surface area contributed by atoms with E-state index in [1.165, 1.54) is 5.56 Å². The highest BCUT2D eigenvalue weighted by atomic mass is 16.5. The number of morpholine rings is 1. The van der Waals surface area contributed by atoms with Crippen LogP contribution in [0.15, 0.2) is 24.3 Å². The van der Waals surface area contributed by atoms with Gasteiger partial charge in [-0.1, -0.05) is 31.0 Å². The summed E-state index contributed by atoms with van der Waals surface area (Å²) in [5, 5.41) is 0. The monoisotopic (exact) mass is 414 g/mol. The van der Waals surface area contributed by atoms with Gasteiger partial charge in [-0.3, -0.25) is 14.4 Å². The zero-order valence-electron chi connectivity index (χ0n) is 17.5. The summed E-state index contributed by atoms with van der Waals surface area (Å²) >= 11 is 0. The molecule has 0 aromatic heterocycles. The minimum Gasteiger partial charge on any atom is -0.452 e. The molecule has 0 N–H and O–H groups in total. The van der Waals surface area contributed by atoms with E-state index in [1.807, 2.05) is 29.2 Å². The van der Waals surface area contributed by atoms with Crippen LogP contribution in [0.4, 0.5) is 5.69 Å². The molecular formula is C23H30N2O5.